The van der Waals surface area contributed by atoms with Crippen molar-refractivity contribution in [2.45, 2.75) is 64.1 Å². The molecule has 130 valence electrons. The molecule has 2 aliphatic carbocycles. The number of nitrogens with zero attached hydrogens (tertiary/aromatic N) is 1. The maximum Gasteiger partial charge on any atom is 0.317 e. The number of hydrogen-bond donors (Lipinski definition) is 2. The van der Waals surface area contributed by atoms with Crippen LogP contribution in [0.5, 0.6) is 0 Å². The highest BCUT2D eigenvalue weighted by molar-refractivity contribution is 5.74. The van der Waals surface area contributed by atoms with Gasteiger partial charge in [0.25, 0.3) is 0 Å². The molecule has 2 fully saturated rings. The van der Waals surface area contributed by atoms with Gasteiger partial charge in [0.15, 0.2) is 0 Å². The Bertz CT molecular complexity index is 453. The maximum absolute atomic E-state index is 12.3. The number of amides is 2. The summed E-state index contributed by atoms with van der Waals surface area (Å²) in [4.78, 5) is 14.2. The average molecular weight is 322 g/mol. The van der Waals surface area contributed by atoms with Crippen LogP contribution < -0.4 is 5.32 Å². The van der Waals surface area contributed by atoms with Crippen LogP contribution in [0.1, 0.15) is 51.9 Å². The average Bonchev–Trinajstić information content (AvgIpc) is 3.08. The number of ether oxygens (including phenoxy) is 1. The monoisotopic (exact) mass is 322 g/mol. The minimum atomic E-state index is -0.265. The van der Waals surface area contributed by atoms with Gasteiger partial charge < -0.3 is 20.1 Å². The lowest BCUT2D eigenvalue weighted by atomic mass is 9.58. The van der Waals surface area contributed by atoms with Crippen molar-refractivity contribution >= 4 is 6.03 Å². The van der Waals surface area contributed by atoms with Gasteiger partial charge in [-0.05, 0) is 45.4 Å². The number of hydrogen-bond acceptors (Lipinski definition) is 3. The molecule has 3 rings (SSSR count). The molecule has 3 aliphatic rings. The number of carbonyl (C=O) groups excluding carboxylic acids is 1. The molecule has 0 aromatic rings. The maximum atomic E-state index is 12.3. The lowest BCUT2D eigenvalue weighted by molar-refractivity contribution is -0.207. The van der Waals surface area contributed by atoms with Gasteiger partial charge >= 0.3 is 6.03 Å². The number of rotatable bonds is 5. The molecule has 2 amide bonds. The lowest BCUT2D eigenvalue weighted by Gasteiger charge is -2.56. The molecular formula is C18H30N2O3. The van der Waals surface area contributed by atoms with Gasteiger partial charge in [-0.15, -0.1) is 0 Å². The Labute approximate surface area is 139 Å². The first kappa shape index (κ1) is 16.8. The van der Waals surface area contributed by atoms with Gasteiger partial charge in [-0.3, -0.25) is 0 Å². The van der Waals surface area contributed by atoms with E-state index in [0.29, 0.717) is 6.61 Å². The van der Waals surface area contributed by atoms with E-state index in [1.54, 1.807) is 0 Å². The Morgan fingerprint density at radius 3 is 2.87 bits per heavy atom. The number of allylic oxidation sites excluding steroid dienone is 1. The predicted octanol–water partition coefficient (Wildman–Crippen LogP) is 2.45. The third-order valence-electron chi connectivity index (χ3n) is 5.95. The predicted molar refractivity (Wildman–Crippen MR) is 89.2 cm³/mol. The SMILES string of the molecule is CCO[C@H]1C[C@@H](O)C12CCN(C(=O)NCCC1=CCCC1)CC2. The molecule has 2 N–H and O–H groups in total. The van der Waals surface area contributed by atoms with Crippen LogP contribution in [0.15, 0.2) is 11.6 Å². The van der Waals surface area contributed by atoms with Gasteiger partial charge in [0, 0.05) is 38.1 Å². The second-order valence-electron chi connectivity index (χ2n) is 7.15. The molecule has 0 radical (unpaired) electrons. The van der Waals surface area contributed by atoms with Gasteiger partial charge in [-0.2, -0.15) is 0 Å². The first-order valence-corrected chi connectivity index (χ1v) is 9.16. The summed E-state index contributed by atoms with van der Waals surface area (Å²) in [5.41, 5.74) is 1.38. The third kappa shape index (κ3) is 3.41. The lowest BCUT2D eigenvalue weighted by Crippen LogP contribution is -2.63. The van der Waals surface area contributed by atoms with Crippen molar-refractivity contribution in [3.05, 3.63) is 11.6 Å². The van der Waals surface area contributed by atoms with E-state index in [4.69, 9.17) is 4.74 Å². The van der Waals surface area contributed by atoms with Gasteiger partial charge in [-0.25, -0.2) is 4.79 Å². The molecule has 0 bridgehead atoms. The molecule has 1 saturated heterocycles. The molecule has 23 heavy (non-hydrogen) atoms. The molecule has 1 aliphatic heterocycles. The van der Waals surface area contributed by atoms with Crippen molar-refractivity contribution in [1.29, 1.82) is 0 Å². The van der Waals surface area contributed by atoms with Crippen molar-refractivity contribution in [3.63, 3.8) is 0 Å². The molecule has 0 unspecified atom stereocenters. The summed E-state index contributed by atoms with van der Waals surface area (Å²) < 4.78 is 5.77. The van der Waals surface area contributed by atoms with Crippen molar-refractivity contribution < 1.29 is 14.6 Å². The van der Waals surface area contributed by atoms with Gasteiger partial charge in [-0.1, -0.05) is 11.6 Å². The topological polar surface area (TPSA) is 61.8 Å². The van der Waals surface area contributed by atoms with E-state index in [0.717, 1.165) is 45.3 Å². The number of carbonyl (C=O) groups is 1. The van der Waals surface area contributed by atoms with Crippen molar-refractivity contribution in [2.24, 2.45) is 5.41 Å². The summed E-state index contributed by atoms with van der Waals surface area (Å²) in [5.74, 6) is 0. The van der Waals surface area contributed by atoms with Crippen LogP contribution >= 0.6 is 0 Å². The quantitative estimate of drug-likeness (QED) is 0.764. The minimum Gasteiger partial charge on any atom is -0.392 e. The van der Waals surface area contributed by atoms with E-state index >= 15 is 0 Å². The smallest absolute Gasteiger partial charge is 0.317 e. The standard InChI is InChI=1S/C18H30N2O3/c1-2-23-16-13-15(21)18(16)8-11-20(12-9-18)17(22)19-10-7-14-5-3-4-6-14/h5,15-16,21H,2-4,6-13H2,1H3,(H,19,22)/t15-,16+/m1/s1. The van der Waals surface area contributed by atoms with Crippen LogP contribution in [0, 0.1) is 5.41 Å². The summed E-state index contributed by atoms with van der Waals surface area (Å²) in [6.45, 7) is 4.86. The van der Waals surface area contributed by atoms with Crippen molar-refractivity contribution in [2.75, 3.05) is 26.2 Å². The Morgan fingerprint density at radius 2 is 2.26 bits per heavy atom. The van der Waals surface area contributed by atoms with Crippen LogP contribution in [-0.2, 0) is 4.74 Å². The molecule has 1 spiro atoms. The number of nitrogens with one attached hydrogen (secondary N) is 1. The molecule has 0 aromatic carbocycles. The molecule has 0 aromatic heterocycles. The Kier molecular flexibility index (Phi) is 5.27. The molecule has 1 saturated carbocycles. The molecule has 5 nitrogen and oxygen atoms in total. The van der Waals surface area contributed by atoms with Crippen LogP contribution in [0.2, 0.25) is 0 Å². The van der Waals surface area contributed by atoms with Crippen molar-refractivity contribution in [1.82, 2.24) is 10.2 Å². The van der Waals surface area contributed by atoms with E-state index in [1.165, 1.54) is 24.8 Å². The molecule has 5 heteroatoms. The van der Waals surface area contributed by atoms with E-state index in [1.807, 2.05) is 11.8 Å². The third-order valence-corrected chi connectivity index (χ3v) is 5.95. The molecular weight excluding hydrogens is 292 g/mol. The highest BCUT2D eigenvalue weighted by Gasteiger charge is 2.56. The van der Waals surface area contributed by atoms with Crippen LogP contribution in [0.4, 0.5) is 4.79 Å². The van der Waals surface area contributed by atoms with E-state index < -0.39 is 0 Å². The summed E-state index contributed by atoms with van der Waals surface area (Å²) in [5, 5.41) is 13.2. The zero-order chi connectivity index (χ0) is 16.3. The minimum absolute atomic E-state index is 0.0419. The van der Waals surface area contributed by atoms with Gasteiger partial charge in [0.1, 0.15) is 0 Å². The highest BCUT2D eigenvalue weighted by atomic mass is 16.5. The Hall–Kier alpha value is -1.07. The highest BCUT2D eigenvalue weighted by Crippen LogP contribution is 2.50. The largest absolute Gasteiger partial charge is 0.392 e. The van der Waals surface area contributed by atoms with Gasteiger partial charge in [0.05, 0.1) is 12.2 Å². The molecule has 1 heterocycles. The van der Waals surface area contributed by atoms with Crippen LogP contribution in [0.25, 0.3) is 0 Å². The first-order chi connectivity index (χ1) is 11.2. The Balaban J connectivity index is 1.42. The molecule has 2 atom stereocenters. The van der Waals surface area contributed by atoms with Crippen molar-refractivity contribution in [3.8, 4) is 0 Å². The fraction of sp³-hybridized carbons (Fsp3) is 0.833. The second-order valence-corrected chi connectivity index (χ2v) is 7.15. The second kappa shape index (κ2) is 7.22. The summed E-state index contributed by atoms with van der Waals surface area (Å²) in [6.07, 6.45) is 9.28. The normalized spacial score (nSPS) is 29.3. The summed E-state index contributed by atoms with van der Waals surface area (Å²) in [6, 6.07) is 0.0419. The zero-order valence-electron chi connectivity index (χ0n) is 14.2. The van der Waals surface area contributed by atoms with E-state index in [9.17, 15) is 9.90 Å². The number of urea groups is 1. The van der Waals surface area contributed by atoms with E-state index in [-0.39, 0.29) is 23.7 Å². The Morgan fingerprint density at radius 1 is 1.48 bits per heavy atom. The van der Waals surface area contributed by atoms with E-state index in [2.05, 4.69) is 11.4 Å². The van der Waals surface area contributed by atoms with Gasteiger partial charge in [0.2, 0.25) is 0 Å². The zero-order valence-corrected chi connectivity index (χ0v) is 14.2. The number of piperidine rings is 1. The fourth-order valence-corrected chi connectivity index (χ4v) is 4.35. The number of aliphatic hydroxyl groups excluding tert-OH is 1. The number of likely N-dealkylation sites (tertiary alicyclic amines) is 1. The summed E-state index contributed by atoms with van der Waals surface area (Å²) in [7, 11) is 0. The van der Waals surface area contributed by atoms with Crippen LogP contribution in [0.3, 0.4) is 0 Å². The first-order valence-electron chi connectivity index (χ1n) is 9.16. The summed E-state index contributed by atoms with van der Waals surface area (Å²) >= 11 is 0. The fourth-order valence-electron chi connectivity index (χ4n) is 4.35. The number of aliphatic hydroxyl groups is 1. The van der Waals surface area contributed by atoms with Crippen LogP contribution in [-0.4, -0.2) is 54.5 Å².